The zero-order valence-corrected chi connectivity index (χ0v) is 14.3. The standard InChI is InChI=1S/C13H17Cl2NO4S/c1-9(2)16(6-7-20-3)13(17)11-8-10(21(15,18)19)4-5-12(11)14/h4-5,8-9H,6-7H2,1-3H3. The van der Waals surface area contributed by atoms with Crippen molar-refractivity contribution in [1.82, 2.24) is 4.90 Å². The van der Waals surface area contributed by atoms with E-state index in [4.69, 9.17) is 27.0 Å². The molecular weight excluding hydrogens is 337 g/mol. The van der Waals surface area contributed by atoms with Gasteiger partial charge in [-0.25, -0.2) is 8.42 Å². The van der Waals surface area contributed by atoms with Crippen molar-refractivity contribution in [3.05, 3.63) is 28.8 Å². The summed E-state index contributed by atoms with van der Waals surface area (Å²) in [5.41, 5.74) is 0.100. The summed E-state index contributed by atoms with van der Waals surface area (Å²) in [5, 5.41) is 0.173. The number of nitrogens with zero attached hydrogens (tertiary/aromatic N) is 1. The first-order chi connectivity index (χ1) is 9.68. The molecule has 1 aromatic rings. The highest BCUT2D eigenvalue weighted by atomic mass is 35.7. The number of halogens is 2. The van der Waals surface area contributed by atoms with Gasteiger partial charge in [0, 0.05) is 30.4 Å². The van der Waals surface area contributed by atoms with Gasteiger partial charge in [-0.1, -0.05) is 11.6 Å². The molecule has 0 aliphatic carbocycles. The molecule has 118 valence electrons. The molecule has 0 aliphatic rings. The van der Waals surface area contributed by atoms with Crippen LogP contribution in [0.1, 0.15) is 24.2 Å². The molecule has 0 saturated heterocycles. The third-order valence-corrected chi connectivity index (χ3v) is 4.55. The van der Waals surface area contributed by atoms with E-state index in [1.807, 2.05) is 13.8 Å². The Kier molecular flexibility index (Phi) is 6.46. The average molecular weight is 354 g/mol. The van der Waals surface area contributed by atoms with Crippen LogP contribution >= 0.6 is 22.3 Å². The van der Waals surface area contributed by atoms with E-state index < -0.39 is 9.05 Å². The summed E-state index contributed by atoms with van der Waals surface area (Å²) in [6, 6.07) is 3.71. The van der Waals surface area contributed by atoms with E-state index in [0.717, 1.165) is 0 Å². The molecule has 0 N–H and O–H groups in total. The van der Waals surface area contributed by atoms with Crippen molar-refractivity contribution >= 4 is 37.2 Å². The van der Waals surface area contributed by atoms with Crippen molar-refractivity contribution in [2.45, 2.75) is 24.8 Å². The minimum atomic E-state index is -3.92. The molecule has 0 radical (unpaired) electrons. The highest BCUT2D eigenvalue weighted by molar-refractivity contribution is 8.13. The second-order valence-electron chi connectivity index (χ2n) is 4.66. The van der Waals surface area contributed by atoms with Crippen LogP contribution in [0.2, 0.25) is 5.02 Å². The molecule has 0 bridgehead atoms. The molecule has 0 saturated carbocycles. The minimum absolute atomic E-state index is 0.0834. The van der Waals surface area contributed by atoms with Gasteiger partial charge in [-0.3, -0.25) is 4.79 Å². The van der Waals surface area contributed by atoms with Crippen LogP contribution in [0, 0.1) is 0 Å². The van der Waals surface area contributed by atoms with Gasteiger partial charge in [0.25, 0.3) is 15.0 Å². The van der Waals surface area contributed by atoms with Gasteiger partial charge in [0.05, 0.1) is 22.1 Å². The van der Waals surface area contributed by atoms with Crippen molar-refractivity contribution in [1.29, 1.82) is 0 Å². The summed E-state index contributed by atoms with van der Waals surface area (Å²) >= 11 is 6.01. The molecular formula is C13H17Cl2NO4S. The Morgan fingerprint density at radius 3 is 2.48 bits per heavy atom. The molecule has 0 aromatic heterocycles. The molecule has 1 aromatic carbocycles. The molecule has 21 heavy (non-hydrogen) atoms. The summed E-state index contributed by atoms with van der Waals surface area (Å²) in [4.78, 5) is 13.9. The van der Waals surface area contributed by atoms with E-state index in [9.17, 15) is 13.2 Å². The molecule has 0 spiro atoms. The number of hydrogen-bond acceptors (Lipinski definition) is 4. The number of rotatable bonds is 6. The summed E-state index contributed by atoms with van der Waals surface area (Å²) < 4.78 is 27.7. The van der Waals surface area contributed by atoms with E-state index in [-0.39, 0.29) is 27.4 Å². The van der Waals surface area contributed by atoms with Crippen molar-refractivity contribution in [2.24, 2.45) is 0 Å². The highest BCUT2D eigenvalue weighted by Crippen LogP contribution is 2.24. The molecule has 5 nitrogen and oxygen atoms in total. The normalized spacial score (nSPS) is 11.7. The molecule has 0 atom stereocenters. The van der Waals surface area contributed by atoms with Crippen LogP contribution in [-0.4, -0.2) is 45.5 Å². The van der Waals surface area contributed by atoms with E-state index in [2.05, 4.69) is 0 Å². The Morgan fingerprint density at radius 2 is 2.00 bits per heavy atom. The van der Waals surface area contributed by atoms with E-state index >= 15 is 0 Å². The lowest BCUT2D eigenvalue weighted by Gasteiger charge is -2.27. The fourth-order valence-corrected chi connectivity index (χ4v) is 2.73. The van der Waals surface area contributed by atoms with Crippen molar-refractivity contribution < 1.29 is 17.9 Å². The van der Waals surface area contributed by atoms with Gasteiger partial charge < -0.3 is 9.64 Å². The fraction of sp³-hybridized carbons (Fsp3) is 0.462. The largest absolute Gasteiger partial charge is 0.383 e. The lowest BCUT2D eigenvalue weighted by atomic mass is 10.1. The summed E-state index contributed by atoms with van der Waals surface area (Å²) in [5.74, 6) is -0.366. The number of ether oxygens (including phenoxy) is 1. The van der Waals surface area contributed by atoms with E-state index in [0.29, 0.717) is 13.2 Å². The summed E-state index contributed by atoms with van der Waals surface area (Å²) in [7, 11) is 2.92. The molecule has 1 rings (SSSR count). The smallest absolute Gasteiger partial charge is 0.261 e. The third kappa shape index (κ3) is 4.85. The quantitative estimate of drug-likeness (QED) is 0.737. The van der Waals surface area contributed by atoms with Crippen LogP contribution in [0.5, 0.6) is 0 Å². The molecule has 1 amide bonds. The number of benzene rings is 1. The lowest BCUT2D eigenvalue weighted by molar-refractivity contribution is 0.0635. The predicted molar refractivity (Wildman–Crippen MR) is 82.5 cm³/mol. The van der Waals surface area contributed by atoms with Gasteiger partial charge >= 0.3 is 0 Å². The van der Waals surface area contributed by atoms with E-state index in [1.54, 1.807) is 4.90 Å². The van der Waals surface area contributed by atoms with Crippen molar-refractivity contribution in [3.63, 3.8) is 0 Å². The molecule has 0 unspecified atom stereocenters. The van der Waals surface area contributed by atoms with Crippen LogP contribution in [-0.2, 0) is 13.8 Å². The SMILES string of the molecule is COCCN(C(=O)c1cc(S(=O)(=O)Cl)ccc1Cl)C(C)C. The first-order valence-electron chi connectivity index (χ1n) is 6.22. The molecule has 8 heteroatoms. The topological polar surface area (TPSA) is 63.7 Å². The first-order valence-corrected chi connectivity index (χ1v) is 8.91. The number of hydrogen-bond donors (Lipinski definition) is 0. The van der Waals surface area contributed by atoms with Crippen LogP contribution in [0.25, 0.3) is 0 Å². The van der Waals surface area contributed by atoms with Crippen LogP contribution in [0.3, 0.4) is 0 Å². The van der Waals surface area contributed by atoms with Gasteiger partial charge in [0.2, 0.25) is 0 Å². The molecule has 0 aliphatic heterocycles. The Hall–Kier alpha value is -0.820. The monoisotopic (exact) mass is 353 g/mol. The predicted octanol–water partition coefficient (Wildman–Crippen LogP) is 2.76. The number of carbonyl (C=O) groups is 1. The zero-order valence-electron chi connectivity index (χ0n) is 12.0. The number of methoxy groups -OCH3 is 1. The Bertz CT molecular complexity index is 617. The third-order valence-electron chi connectivity index (χ3n) is 2.87. The van der Waals surface area contributed by atoms with Gasteiger partial charge in [0.15, 0.2) is 0 Å². The van der Waals surface area contributed by atoms with Gasteiger partial charge in [-0.2, -0.15) is 0 Å². The maximum atomic E-state index is 12.5. The van der Waals surface area contributed by atoms with Crippen LogP contribution < -0.4 is 0 Å². The summed E-state index contributed by atoms with van der Waals surface area (Å²) in [6.07, 6.45) is 0. The minimum Gasteiger partial charge on any atom is -0.383 e. The van der Waals surface area contributed by atoms with Gasteiger partial charge in [-0.05, 0) is 32.0 Å². The Balaban J connectivity index is 3.21. The zero-order chi connectivity index (χ0) is 16.2. The summed E-state index contributed by atoms with van der Waals surface area (Å²) in [6.45, 7) is 4.45. The van der Waals surface area contributed by atoms with Crippen LogP contribution in [0.4, 0.5) is 0 Å². The molecule has 0 heterocycles. The second kappa shape index (κ2) is 7.45. The Labute approximate surface area is 134 Å². The van der Waals surface area contributed by atoms with Crippen LogP contribution in [0.15, 0.2) is 23.1 Å². The number of carbonyl (C=O) groups excluding carboxylic acids is 1. The average Bonchev–Trinajstić information content (AvgIpc) is 2.37. The second-order valence-corrected chi connectivity index (χ2v) is 7.64. The van der Waals surface area contributed by atoms with Crippen molar-refractivity contribution in [2.75, 3.05) is 20.3 Å². The molecule has 0 fully saturated rings. The van der Waals surface area contributed by atoms with Crippen molar-refractivity contribution in [3.8, 4) is 0 Å². The first kappa shape index (κ1) is 18.2. The number of amides is 1. The van der Waals surface area contributed by atoms with E-state index in [1.165, 1.54) is 25.3 Å². The Morgan fingerprint density at radius 1 is 1.38 bits per heavy atom. The van der Waals surface area contributed by atoms with Gasteiger partial charge in [0.1, 0.15) is 0 Å². The van der Waals surface area contributed by atoms with Gasteiger partial charge in [-0.15, -0.1) is 0 Å². The fourth-order valence-electron chi connectivity index (χ4n) is 1.76. The lowest BCUT2D eigenvalue weighted by Crippen LogP contribution is -2.39. The highest BCUT2D eigenvalue weighted by Gasteiger charge is 2.23. The maximum Gasteiger partial charge on any atom is 0.261 e. The maximum absolute atomic E-state index is 12.5.